The minimum absolute atomic E-state index is 0.576. The number of nitrogens with zero attached hydrogens (tertiary/aromatic N) is 2. The van der Waals surface area contributed by atoms with Gasteiger partial charge in [0.2, 0.25) is 0 Å². The van der Waals surface area contributed by atoms with Gasteiger partial charge in [-0.25, -0.2) is 0 Å². The quantitative estimate of drug-likeness (QED) is 0.138. The Morgan fingerprint density at radius 2 is 1.50 bits per heavy atom. The first kappa shape index (κ1) is 40.4. The lowest BCUT2D eigenvalue weighted by molar-refractivity contribution is 0.270. The molecule has 0 bridgehead atoms. The Bertz CT molecular complexity index is 3210. The van der Waals surface area contributed by atoms with E-state index in [9.17, 15) is 0 Å². The molecular weight excluding hydrogens is 797 g/mol. The number of aromatic nitrogens is 1. The van der Waals surface area contributed by atoms with E-state index >= 15 is 0 Å². The second kappa shape index (κ2) is 16.5. The summed E-state index contributed by atoms with van der Waals surface area (Å²) in [7, 11) is 0. The average Bonchev–Trinajstić information content (AvgIpc) is 4.10. The molecule has 66 heavy (non-hydrogen) atoms. The molecule has 6 aliphatic carbocycles. The summed E-state index contributed by atoms with van der Waals surface area (Å²) in [6.45, 7) is 4.67. The summed E-state index contributed by atoms with van der Waals surface area (Å²) in [6, 6.07) is 47.3. The van der Waals surface area contributed by atoms with E-state index < -0.39 is 0 Å². The molecule has 1 saturated carbocycles. The van der Waals surface area contributed by atoms with Crippen molar-refractivity contribution in [2.75, 3.05) is 4.90 Å². The van der Waals surface area contributed by atoms with Crippen molar-refractivity contribution in [1.29, 1.82) is 0 Å². The fraction of sp³-hybridized carbons (Fsp3) is 0.344. The number of benzene rings is 6. The largest absolute Gasteiger partial charge is 0.314 e. The predicted molar refractivity (Wildman–Crippen MR) is 278 cm³/mol. The van der Waals surface area contributed by atoms with Gasteiger partial charge in [0.15, 0.2) is 0 Å². The van der Waals surface area contributed by atoms with Crippen LogP contribution in [0, 0.1) is 17.8 Å². The van der Waals surface area contributed by atoms with Gasteiger partial charge in [-0.2, -0.15) is 0 Å². The zero-order valence-electron chi connectivity index (χ0n) is 39.1. The highest BCUT2D eigenvalue weighted by atomic mass is 15.2. The van der Waals surface area contributed by atoms with Crippen LogP contribution in [-0.4, -0.2) is 4.57 Å². The third-order valence-corrected chi connectivity index (χ3v) is 17.7. The highest BCUT2D eigenvalue weighted by Crippen LogP contribution is 2.58. The van der Waals surface area contributed by atoms with E-state index in [4.69, 9.17) is 0 Å². The van der Waals surface area contributed by atoms with Crippen LogP contribution in [0.1, 0.15) is 137 Å². The summed E-state index contributed by atoms with van der Waals surface area (Å²) in [5, 5.41) is 6.96. The SMILES string of the molecule is CCC1=CC2c3cc(CC)ccc3C(C3CCC=C(N(c4ccccc4)c4ccc(-c5ccc(-n6c7c(c8ccc9ccccc9c86)C6CCCCC6CC7)cc5)c5c4=CCC=5)C3)C2CC1. The Morgan fingerprint density at radius 3 is 2.38 bits per heavy atom. The van der Waals surface area contributed by atoms with Crippen LogP contribution < -0.4 is 15.3 Å². The van der Waals surface area contributed by atoms with Crippen molar-refractivity contribution in [3.8, 4) is 16.8 Å². The summed E-state index contributed by atoms with van der Waals surface area (Å²) in [5.41, 5.74) is 19.1. The fourth-order valence-electron chi connectivity index (χ4n) is 14.6. The zero-order chi connectivity index (χ0) is 43.9. The molecule has 1 fully saturated rings. The molecule has 1 aromatic heterocycles. The first-order chi connectivity index (χ1) is 32.6. The van der Waals surface area contributed by atoms with Crippen LogP contribution in [0.15, 0.2) is 145 Å². The van der Waals surface area contributed by atoms with Crippen LogP contribution >= 0.6 is 0 Å². The monoisotopic (exact) mass is 861 g/mol. The van der Waals surface area contributed by atoms with Gasteiger partial charge < -0.3 is 9.47 Å². The molecule has 1 heterocycles. The van der Waals surface area contributed by atoms with E-state index in [1.165, 1.54) is 136 Å². The van der Waals surface area contributed by atoms with E-state index in [1.54, 1.807) is 28.0 Å². The fourth-order valence-corrected chi connectivity index (χ4v) is 14.6. The maximum Gasteiger partial charge on any atom is 0.0612 e. The first-order valence-electron chi connectivity index (χ1n) is 26.0. The zero-order valence-corrected chi connectivity index (χ0v) is 39.1. The first-order valence-corrected chi connectivity index (χ1v) is 26.0. The van der Waals surface area contributed by atoms with Gasteiger partial charge in [0.1, 0.15) is 0 Å². The van der Waals surface area contributed by atoms with E-state index in [0.29, 0.717) is 29.6 Å². The van der Waals surface area contributed by atoms with E-state index in [1.807, 2.05) is 0 Å². The summed E-state index contributed by atoms with van der Waals surface area (Å²) in [4.78, 5) is 2.65. The molecule has 330 valence electrons. The molecule has 0 saturated heterocycles. The average molecular weight is 861 g/mol. The van der Waals surface area contributed by atoms with Gasteiger partial charge in [-0.3, -0.25) is 0 Å². The highest BCUT2D eigenvalue weighted by Gasteiger charge is 2.45. The summed E-state index contributed by atoms with van der Waals surface area (Å²) in [6.07, 6.45) is 27.6. The van der Waals surface area contributed by atoms with Gasteiger partial charge in [0, 0.05) is 44.7 Å². The van der Waals surface area contributed by atoms with Crippen molar-refractivity contribution in [2.24, 2.45) is 17.8 Å². The van der Waals surface area contributed by atoms with Gasteiger partial charge >= 0.3 is 0 Å². The molecule has 7 aromatic rings. The molecule has 0 spiro atoms. The second-order valence-electron chi connectivity index (χ2n) is 20.9. The van der Waals surface area contributed by atoms with Gasteiger partial charge in [-0.05, 0) is 181 Å². The van der Waals surface area contributed by atoms with Gasteiger partial charge in [-0.1, -0.05) is 148 Å². The Labute approximate surface area is 392 Å². The molecule has 2 nitrogen and oxygen atoms in total. The van der Waals surface area contributed by atoms with E-state index in [0.717, 1.165) is 31.6 Å². The normalized spacial score (nSPS) is 24.0. The predicted octanol–water partition coefficient (Wildman–Crippen LogP) is 15.6. The third kappa shape index (κ3) is 6.48. The van der Waals surface area contributed by atoms with Crippen LogP contribution in [0.5, 0.6) is 0 Å². The molecule has 6 aliphatic rings. The molecule has 6 aromatic carbocycles. The van der Waals surface area contributed by atoms with E-state index in [2.05, 4.69) is 169 Å². The highest BCUT2D eigenvalue weighted by molar-refractivity contribution is 6.08. The van der Waals surface area contributed by atoms with Crippen molar-refractivity contribution in [1.82, 2.24) is 4.57 Å². The molecular formula is C64H64N2. The lowest BCUT2D eigenvalue weighted by Crippen LogP contribution is -2.33. The van der Waals surface area contributed by atoms with Crippen LogP contribution in [-0.2, 0) is 12.8 Å². The number of hydrogen-bond acceptors (Lipinski definition) is 1. The Kier molecular flexibility index (Phi) is 10.1. The standard InChI is InChI=1S/C64H64N2/c1-3-41-24-32-55-58(38-41)59-39-42(4-2)25-33-56(59)62(55)46-16-12-19-49(40-46)65(47-17-6-5-7-18-47)60-37-35-50(53-22-13-23-54(53)60)45-26-30-48(31-27-45)66-61-36-29-43-14-8-10-20-51(43)63(61)57-34-28-44-15-9-11-21-52(44)64(57)66/h5-7,9,11,15,17-19,21-24,26-28,30-32,34-35,37-39,43,46,51,56,59,62H,3-4,8,10,12-14,16,20,25,29,33,36,40H2,1-2H3. The maximum absolute atomic E-state index is 2.70. The molecule has 0 amide bonds. The smallest absolute Gasteiger partial charge is 0.0612 e. The molecule has 0 radical (unpaired) electrons. The molecule has 0 aliphatic heterocycles. The number of anilines is 2. The summed E-state index contributed by atoms with van der Waals surface area (Å²) in [5.74, 6) is 4.05. The molecule has 0 N–H and O–H groups in total. The maximum atomic E-state index is 2.70. The van der Waals surface area contributed by atoms with Crippen molar-refractivity contribution in [2.45, 2.75) is 121 Å². The van der Waals surface area contributed by atoms with Crippen LogP contribution in [0.4, 0.5) is 11.4 Å². The lowest BCUT2D eigenvalue weighted by atomic mass is 9.69. The lowest BCUT2D eigenvalue weighted by Gasteiger charge is -2.38. The number of fused-ring (bicyclic) bond motifs is 11. The van der Waals surface area contributed by atoms with E-state index in [-0.39, 0.29) is 0 Å². The molecule has 6 unspecified atom stereocenters. The van der Waals surface area contributed by atoms with Gasteiger partial charge in [-0.15, -0.1) is 0 Å². The summed E-state index contributed by atoms with van der Waals surface area (Å²) >= 11 is 0. The van der Waals surface area contributed by atoms with Crippen molar-refractivity contribution in [3.63, 3.8) is 0 Å². The number of para-hydroxylation sites is 1. The minimum atomic E-state index is 0.576. The number of aryl methyl sites for hydroxylation is 1. The summed E-state index contributed by atoms with van der Waals surface area (Å²) < 4.78 is 2.68. The van der Waals surface area contributed by atoms with Gasteiger partial charge in [0.25, 0.3) is 0 Å². The Balaban J connectivity index is 0.867. The van der Waals surface area contributed by atoms with Gasteiger partial charge in [0.05, 0.1) is 11.2 Å². The molecule has 13 rings (SSSR count). The molecule has 6 atom stereocenters. The van der Waals surface area contributed by atoms with Crippen LogP contribution in [0.3, 0.4) is 0 Å². The number of hydrogen-bond donors (Lipinski definition) is 0. The van der Waals surface area contributed by atoms with Crippen molar-refractivity contribution < 1.29 is 0 Å². The van der Waals surface area contributed by atoms with Crippen molar-refractivity contribution in [3.05, 3.63) is 183 Å². The van der Waals surface area contributed by atoms with Crippen molar-refractivity contribution >= 4 is 45.2 Å². The Morgan fingerprint density at radius 1 is 0.652 bits per heavy atom. The van der Waals surface area contributed by atoms with Crippen LogP contribution in [0.25, 0.3) is 50.6 Å². The third-order valence-electron chi connectivity index (χ3n) is 17.7. The van der Waals surface area contributed by atoms with Crippen LogP contribution in [0.2, 0.25) is 0 Å². The second-order valence-corrected chi connectivity index (χ2v) is 20.9. The minimum Gasteiger partial charge on any atom is -0.314 e. The topological polar surface area (TPSA) is 8.17 Å². The molecule has 2 heteroatoms. The number of rotatable bonds is 8. The Hall–Kier alpha value is -5.86. The number of allylic oxidation sites excluding steroid dienone is 4.